The lowest BCUT2D eigenvalue weighted by molar-refractivity contribution is -0.840. The van der Waals surface area contributed by atoms with Gasteiger partial charge in [-0.25, -0.2) is 43.8 Å². The number of hydrogen-bond acceptors (Lipinski definition) is 8. The van der Waals surface area contributed by atoms with Crippen LogP contribution in [0, 0.1) is 17.0 Å². The molecule has 0 aromatic rings. The predicted molar refractivity (Wildman–Crippen MR) is 223 cm³/mol. The molecule has 0 rings (SSSR count). The van der Waals surface area contributed by atoms with Crippen molar-refractivity contribution in [3.8, 4) is 0 Å². The molecule has 0 bridgehead atoms. The molecule has 0 aromatic carbocycles. The van der Waals surface area contributed by atoms with Gasteiger partial charge in [-0.1, -0.05) is 25.7 Å². The van der Waals surface area contributed by atoms with Crippen molar-refractivity contribution in [1.29, 1.82) is 0 Å². The lowest BCUT2D eigenvalue weighted by atomic mass is 9.85. The maximum Gasteiger partial charge on any atom is 0.431 e. The van der Waals surface area contributed by atoms with E-state index in [1.54, 1.807) is 19.0 Å². The van der Waals surface area contributed by atoms with E-state index in [2.05, 4.69) is 0 Å². The highest BCUT2D eigenvalue weighted by Gasteiger charge is 2.75. The first-order chi connectivity index (χ1) is 34.7. The fourth-order valence-electron chi connectivity index (χ4n) is 6.87. The Hall–Kier alpha value is -2.34. The summed E-state index contributed by atoms with van der Waals surface area (Å²) >= 11 is 0. The monoisotopic (exact) mass is 1280 g/mol. The highest BCUT2D eigenvalue weighted by molar-refractivity contribution is 7.89. The standard InChI is InChI=1S/C19H28F14N2O3S.C19H28F14N2O2S.H2O2/c1-35(2,36)10-5-9-34-39(37,38)11-7-13(12-15(21,18(28,29)30)19(31,32)33)6-3-4-8-14(20,16(22,23)24)17(25,26)27;1-35(2)10-5-9-34-38(36,37)11-7-13(12-15(21,18(28,29)30)19(31,32)33)6-3-4-8-14(20,16(22,23)24)17(25,26)27;1-2/h13,34H,3-12H2,1-2H3;13,34H,3-12H2,1-2H3;1-2H. The van der Waals surface area contributed by atoms with Gasteiger partial charge in [-0.05, 0) is 77.4 Å². The zero-order valence-electron chi connectivity index (χ0n) is 41.5. The first kappa shape index (κ1) is 80.9. The summed E-state index contributed by atoms with van der Waals surface area (Å²) in [4.78, 5) is 1.67. The van der Waals surface area contributed by atoms with E-state index in [1.165, 1.54) is 14.1 Å². The first-order valence-corrected chi connectivity index (χ1v) is 25.6. The van der Waals surface area contributed by atoms with Gasteiger partial charge in [0.2, 0.25) is 20.0 Å². The largest absolute Gasteiger partial charge is 0.633 e. The Morgan fingerprint density at radius 1 is 0.418 bits per heavy atom. The van der Waals surface area contributed by atoms with Crippen LogP contribution in [0.1, 0.15) is 89.9 Å². The Kier molecular flexibility index (Phi) is 30.7. The molecule has 0 aliphatic heterocycles. The number of quaternary nitrogens is 1. The van der Waals surface area contributed by atoms with Crippen LogP contribution >= 0.6 is 0 Å². The topological polar surface area (TPSA) is 159 Å². The minimum absolute atomic E-state index is 0.0295. The fraction of sp³-hybridized carbons (Fsp3) is 1.00. The average Bonchev–Trinajstić information content (AvgIpc) is 3.22. The van der Waals surface area contributed by atoms with Gasteiger partial charge >= 0.3 is 49.4 Å². The Bertz CT molecular complexity index is 1910. The summed E-state index contributed by atoms with van der Waals surface area (Å²) in [5, 5.41) is 23.4. The minimum atomic E-state index is -6.55. The second-order valence-electron chi connectivity index (χ2n) is 18.6. The summed E-state index contributed by atoms with van der Waals surface area (Å²) in [6.45, 7) is -0.212. The highest BCUT2D eigenvalue weighted by Crippen LogP contribution is 2.54. The molecular weight excluding hydrogens is 1220 g/mol. The van der Waals surface area contributed by atoms with Crippen LogP contribution in [-0.4, -0.2) is 175 Å². The summed E-state index contributed by atoms with van der Waals surface area (Å²) in [5.74, 6) is -6.55. The van der Waals surface area contributed by atoms with Crippen LogP contribution < -0.4 is 9.44 Å². The molecule has 2 unspecified atom stereocenters. The van der Waals surface area contributed by atoms with Crippen molar-refractivity contribution < 1.29 is 155 Å². The molecule has 11 nitrogen and oxygen atoms in total. The normalized spacial score (nSPS) is 15.6. The van der Waals surface area contributed by atoms with E-state index < -0.39 is 197 Å². The molecule has 480 valence electrons. The third kappa shape index (κ3) is 26.4. The molecule has 4 N–H and O–H groups in total. The predicted octanol–water partition coefficient (Wildman–Crippen LogP) is 13.0. The number of nitrogens with one attached hydrogen (secondary N) is 2. The second kappa shape index (κ2) is 30.0. The minimum Gasteiger partial charge on any atom is -0.633 e. The van der Waals surface area contributed by atoms with E-state index in [4.69, 9.17) is 10.5 Å². The van der Waals surface area contributed by atoms with Crippen LogP contribution in [-0.2, 0) is 20.0 Å². The number of unbranched alkanes of at least 4 members (excludes halogenated alkanes) is 2. The van der Waals surface area contributed by atoms with Gasteiger partial charge in [0.05, 0.1) is 32.1 Å². The van der Waals surface area contributed by atoms with Crippen LogP contribution in [0.3, 0.4) is 0 Å². The average molecular weight is 1280 g/mol. The Labute approximate surface area is 434 Å². The van der Waals surface area contributed by atoms with Crippen molar-refractivity contribution in [2.24, 2.45) is 11.8 Å². The van der Waals surface area contributed by atoms with Gasteiger partial charge < -0.3 is 14.8 Å². The summed E-state index contributed by atoms with van der Waals surface area (Å²) in [6, 6.07) is 0. The van der Waals surface area contributed by atoms with Gasteiger partial charge in [0, 0.05) is 32.4 Å². The smallest absolute Gasteiger partial charge is 0.431 e. The molecule has 0 amide bonds. The highest BCUT2D eigenvalue weighted by atomic mass is 32.2. The van der Waals surface area contributed by atoms with E-state index in [0.29, 0.717) is 6.54 Å². The van der Waals surface area contributed by atoms with E-state index in [0.717, 1.165) is 0 Å². The van der Waals surface area contributed by atoms with Crippen molar-refractivity contribution in [2.75, 3.05) is 65.9 Å². The van der Waals surface area contributed by atoms with Crippen molar-refractivity contribution in [1.82, 2.24) is 14.3 Å². The number of hydroxylamine groups is 3. The summed E-state index contributed by atoms with van der Waals surface area (Å²) in [6.07, 6.45) is -69.9. The lowest BCUT2D eigenvalue weighted by Crippen LogP contribution is -2.54. The van der Waals surface area contributed by atoms with Crippen LogP contribution in [0.2, 0.25) is 0 Å². The van der Waals surface area contributed by atoms with Crippen LogP contribution in [0.15, 0.2) is 0 Å². The zero-order chi connectivity index (χ0) is 63.8. The molecule has 41 heteroatoms. The van der Waals surface area contributed by atoms with Gasteiger partial charge in [0.25, 0.3) is 22.7 Å². The second-order valence-corrected chi connectivity index (χ2v) is 22.5. The molecule has 0 radical (unpaired) electrons. The van der Waals surface area contributed by atoms with Crippen LogP contribution in [0.25, 0.3) is 0 Å². The molecule has 0 aromatic heterocycles. The molecule has 0 aliphatic rings. The number of sulfonamides is 2. The van der Waals surface area contributed by atoms with Crippen molar-refractivity contribution in [2.45, 2.75) is 162 Å². The molecular formula is C38H58F28N4O7S2. The van der Waals surface area contributed by atoms with Crippen LogP contribution in [0.5, 0.6) is 0 Å². The van der Waals surface area contributed by atoms with E-state index in [-0.39, 0.29) is 32.5 Å². The fourth-order valence-corrected chi connectivity index (χ4v) is 9.35. The summed E-state index contributed by atoms with van der Waals surface area (Å²) in [7, 11) is -2.97. The molecule has 0 saturated heterocycles. The molecule has 2 atom stereocenters. The molecule has 0 fully saturated rings. The Morgan fingerprint density at radius 2 is 0.671 bits per heavy atom. The molecule has 0 heterocycles. The van der Waals surface area contributed by atoms with Gasteiger partial charge in [0.15, 0.2) is 0 Å². The number of rotatable bonds is 30. The number of alkyl halides is 28. The molecule has 0 spiro atoms. The van der Waals surface area contributed by atoms with Gasteiger partial charge in [0.1, 0.15) is 0 Å². The lowest BCUT2D eigenvalue weighted by Gasteiger charge is -2.34. The summed E-state index contributed by atoms with van der Waals surface area (Å²) < 4.78 is 415. The van der Waals surface area contributed by atoms with Gasteiger partial charge in [-0.2, -0.15) is 105 Å². The first-order valence-electron chi connectivity index (χ1n) is 22.3. The van der Waals surface area contributed by atoms with E-state index in [9.17, 15) is 145 Å². The SMILES string of the molecule is CN(C)CCCNS(=O)(=O)CCC(CCCCC(F)(C(F)(F)F)C(F)(F)F)CC(F)(C(F)(F)F)C(F)(F)F.C[N+](C)([O-])CCCNS(=O)(=O)CCC(CCCCC(F)(C(F)(F)F)C(F)(F)F)CC(F)(C(F)(F)F)C(F)(F)F.OO. The van der Waals surface area contributed by atoms with Crippen molar-refractivity contribution >= 4 is 20.0 Å². The maximum atomic E-state index is 14.2. The number of hydrogen-bond donors (Lipinski definition) is 4. The number of halogens is 28. The van der Waals surface area contributed by atoms with Crippen molar-refractivity contribution in [3.05, 3.63) is 5.21 Å². The van der Waals surface area contributed by atoms with E-state index >= 15 is 0 Å². The maximum absolute atomic E-state index is 14.2. The summed E-state index contributed by atoms with van der Waals surface area (Å²) in [5.41, 5.74) is -23.1. The molecule has 0 aliphatic carbocycles. The Morgan fingerprint density at radius 3 is 0.899 bits per heavy atom. The van der Waals surface area contributed by atoms with Crippen molar-refractivity contribution in [3.63, 3.8) is 0 Å². The molecule has 79 heavy (non-hydrogen) atoms. The van der Waals surface area contributed by atoms with E-state index in [1.807, 2.05) is 9.44 Å². The third-order valence-corrected chi connectivity index (χ3v) is 14.2. The van der Waals surface area contributed by atoms with Gasteiger partial charge in [-0.3, -0.25) is 10.5 Å². The van der Waals surface area contributed by atoms with Gasteiger partial charge in [-0.15, -0.1) is 0 Å². The Balaban J connectivity index is -0.00000142. The zero-order valence-corrected chi connectivity index (χ0v) is 43.2. The molecule has 0 saturated carbocycles. The van der Waals surface area contributed by atoms with Crippen LogP contribution in [0.4, 0.5) is 123 Å². The quantitative estimate of drug-likeness (QED) is 0.0182. The third-order valence-electron chi connectivity index (χ3n) is 11.4. The number of nitrogens with zero attached hydrogens (tertiary/aromatic N) is 2.